The van der Waals surface area contributed by atoms with E-state index in [-0.39, 0.29) is 5.91 Å². The Morgan fingerprint density at radius 1 is 1.73 bits per heavy atom. The van der Waals surface area contributed by atoms with Crippen LogP contribution in [0.2, 0.25) is 0 Å². The van der Waals surface area contributed by atoms with Crippen LogP contribution in [0.25, 0.3) is 0 Å². The molecule has 0 aliphatic rings. The predicted molar refractivity (Wildman–Crippen MR) is 45.0 cm³/mol. The van der Waals surface area contributed by atoms with Gasteiger partial charge in [-0.05, 0) is 19.0 Å². The van der Waals surface area contributed by atoms with E-state index in [9.17, 15) is 4.79 Å². The fraction of sp³-hybridized carbons (Fsp3) is 0.500. The van der Waals surface area contributed by atoms with Gasteiger partial charge in [0.15, 0.2) is 0 Å². The van der Waals surface area contributed by atoms with Crippen molar-refractivity contribution in [3.63, 3.8) is 0 Å². The average Bonchev–Trinajstić information content (AvgIpc) is 2.01. The van der Waals surface area contributed by atoms with Crippen LogP contribution in [0.4, 0.5) is 0 Å². The quantitative estimate of drug-likeness (QED) is 0.555. The van der Waals surface area contributed by atoms with Crippen molar-refractivity contribution >= 4 is 5.91 Å². The molecular weight excluding hydrogens is 140 g/mol. The molecule has 0 aromatic rings. The molecule has 11 heavy (non-hydrogen) atoms. The highest BCUT2D eigenvalue weighted by Gasteiger charge is 1.95. The fourth-order valence-electron chi connectivity index (χ4n) is 0.588. The molecule has 3 nitrogen and oxygen atoms in total. The van der Waals surface area contributed by atoms with E-state index >= 15 is 0 Å². The summed E-state index contributed by atoms with van der Waals surface area (Å²) in [7, 11) is 0. The summed E-state index contributed by atoms with van der Waals surface area (Å²) in [5, 5.41) is 2.67. The molecule has 0 radical (unpaired) electrons. The first-order valence-corrected chi connectivity index (χ1v) is 3.62. The van der Waals surface area contributed by atoms with Crippen molar-refractivity contribution in [1.82, 2.24) is 5.32 Å². The predicted octanol–water partition coefficient (Wildman–Crippen LogP) is 0.183. The Morgan fingerprint density at radius 3 is 3.00 bits per heavy atom. The van der Waals surface area contributed by atoms with Crippen molar-refractivity contribution < 1.29 is 4.79 Å². The second-order valence-corrected chi connectivity index (χ2v) is 2.10. The van der Waals surface area contributed by atoms with Gasteiger partial charge in [0.25, 0.3) is 0 Å². The van der Waals surface area contributed by atoms with Gasteiger partial charge in [0.1, 0.15) is 0 Å². The minimum Gasteiger partial charge on any atom is -0.352 e. The van der Waals surface area contributed by atoms with Gasteiger partial charge < -0.3 is 11.1 Å². The van der Waals surface area contributed by atoms with E-state index in [2.05, 4.69) is 17.6 Å². The van der Waals surface area contributed by atoms with Gasteiger partial charge in [0.05, 0.1) is 0 Å². The molecule has 0 aliphatic carbocycles. The fourth-order valence-corrected chi connectivity index (χ4v) is 0.588. The second-order valence-electron chi connectivity index (χ2n) is 2.10. The summed E-state index contributed by atoms with van der Waals surface area (Å²) in [6.45, 7) is 4.43. The normalized spacial score (nSPS) is 8.45. The largest absolute Gasteiger partial charge is 0.352 e. The van der Waals surface area contributed by atoms with Crippen LogP contribution < -0.4 is 11.1 Å². The molecular formula is C8H14N2O. The molecule has 0 fully saturated rings. The lowest BCUT2D eigenvalue weighted by atomic mass is 10.3. The summed E-state index contributed by atoms with van der Waals surface area (Å²) in [6.07, 6.45) is 2.91. The van der Waals surface area contributed by atoms with Crippen molar-refractivity contribution in [2.24, 2.45) is 5.73 Å². The number of nitrogens with two attached hydrogens (primary N) is 1. The van der Waals surface area contributed by atoms with Crippen LogP contribution in [0.3, 0.4) is 0 Å². The lowest BCUT2D eigenvalue weighted by molar-refractivity contribution is -0.120. The van der Waals surface area contributed by atoms with Crippen LogP contribution in [0.1, 0.15) is 12.8 Å². The second kappa shape index (κ2) is 7.06. The van der Waals surface area contributed by atoms with Crippen LogP contribution >= 0.6 is 0 Å². The van der Waals surface area contributed by atoms with E-state index in [1.54, 1.807) is 6.08 Å². The zero-order chi connectivity index (χ0) is 8.53. The molecule has 0 aromatic heterocycles. The summed E-state index contributed by atoms with van der Waals surface area (Å²) in [5.41, 5.74) is 7.79. The first kappa shape index (κ1) is 9.95. The van der Waals surface area contributed by atoms with Crippen LogP contribution in [-0.4, -0.2) is 19.0 Å². The SMILES string of the molecule is C=C=CCNC(=O)CCCN. The third-order valence-corrected chi connectivity index (χ3v) is 1.15. The molecule has 3 N–H and O–H groups in total. The van der Waals surface area contributed by atoms with Gasteiger partial charge >= 0.3 is 0 Å². The Morgan fingerprint density at radius 2 is 2.45 bits per heavy atom. The number of nitrogens with one attached hydrogen (secondary N) is 1. The summed E-state index contributed by atoms with van der Waals surface area (Å²) >= 11 is 0. The first-order valence-electron chi connectivity index (χ1n) is 3.62. The molecule has 62 valence electrons. The topological polar surface area (TPSA) is 55.1 Å². The molecule has 0 unspecified atom stereocenters. The maximum atomic E-state index is 10.8. The zero-order valence-electron chi connectivity index (χ0n) is 6.60. The lowest BCUT2D eigenvalue weighted by Gasteiger charge is -1.98. The highest BCUT2D eigenvalue weighted by atomic mass is 16.1. The zero-order valence-corrected chi connectivity index (χ0v) is 6.60. The van der Waals surface area contributed by atoms with Crippen molar-refractivity contribution in [2.75, 3.05) is 13.1 Å². The van der Waals surface area contributed by atoms with Crippen molar-refractivity contribution in [3.8, 4) is 0 Å². The molecule has 0 aliphatic heterocycles. The van der Waals surface area contributed by atoms with E-state index in [4.69, 9.17) is 5.73 Å². The Bertz CT molecular complexity index is 159. The van der Waals surface area contributed by atoms with Gasteiger partial charge in [0, 0.05) is 13.0 Å². The van der Waals surface area contributed by atoms with E-state index in [0.29, 0.717) is 19.5 Å². The van der Waals surface area contributed by atoms with Gasteiger partial charge in [-0.25, -0.2) is 0 Å². The van der Waals surface area contributed by atoms with E-state index in [0.717, 1.165) is 6.42 Å². The monoisotopic (exact) mass is 154 g/mol. The van der Waals surface area contributed by atoms with Crippen LogP contribution in [0, 0.1) is 0 Å². The molecule has 0 saturated carbocycles. The number of hydrogen-bond donors (Lipinski definition) is 2. The molecule has 0 atom stereocenters. The standard InChI is InChI=1S/C8H14N2O/c1-2-3-7-10-8(11)5-4-6-9/h3H,1,4-7,9H2,(H,10,11). The van der Waals surface area contributed by atoms with E-state index in [1.165, 1.54) is 0 Å². The molecule has 0 bridgehead atoms. The molecule has 0 rings (SSSR count). The highest BCUT2D eigenvalue weighted by molar-refractivity contribution is 5.75. The summed E-state index contributed by atoms with van der Waals surface area (Å²) in [5.74, 6) is 0.0296. The smallest absolute Gasteiger partial charge is 0.220 e. The minimum absolute atomic E-state index is 0.0296. The van der Waals surface area contributed by atoms with Gasteiger partial charge in [-0.1, -0.05) is 6.58 Å². The third-order valence-electron chi connectivity index (χ3n) is 1.15. The average molecular weight is 154 g/mol. The van der Waals surface area contributed by atoms with E-state index in [1.807, 2.05) is 0 Å². The molecule has 3 heteroatoms. The number of hydrogen-bond acceptors (Lipinski definition) is 2. The van der Waals surface area contributed by atoms with Gasteiger partial charge in [-0.3, -0.25) is 4.79 Å². The van der Waals surface area contributed by atoms with Crippen molar-refractivity contribution in [3.05, 3.63) is 18.4 Å². The van der Waals surface area contributed by atoms with E-state index < -0.39 is 0 Å². The van der Waals surface area contributed by atoms with Gasteiger partial charge in [0.2, 0.25) is 5.91 Å². The number of carbonyl (C=O) groups excluding carboxylic acids is 1. The van der Waals surface area contributed by atoms with Gasteiger partial charge in [-0.2, -0.15) is 0 Å². The Hall–Kier alpha value is -1.05. The van der Waals surface area contributed by atoms with Crippen LogP contribution in [0.5, 0.6) is 0 Å². The first-order chi connectivity index (χ1) is 5.31. The molecule has 1 amide bonds. The van der Waals surface area contributed by atoms with Crippen LogP contribution in [0.15, 0.2) is 18.4 Å². The van der Waals surface area contributed by atoms with Crippen molar-refractivity contribution in [2.45, 2.75) is 12.8 Å². The van der Waals surface area contributed by atoms with Crippen molar-refractivity contribution in [1.29, 1.82) is 0 Å². The third kappa shape index (κ3) is 6.84. The lowest BCUT2D eigenvalue weighted by Crippen LogP contribution is -2.23. The maximum absolute atomic E-state index is 10.8. The highest BCUT2D eigenvalue weighted by Crippen LogP contribution is 1.84. The summed E-state index contributed by atoms with van der Waals surface area (Å²) in [6, 6.07) is 0. The van der Waals surface area contributed by atoms with Gasteiger partial charge in [-0.15, -0.1) is 5.73 Å². The molecule has 0 heterocycles. The Balaban J connectivity index is 3.29. The number of amides is 1. The molecule has 0 aromatic carbocycles. The molecule has 0 spiro atoms. The summed E-state index contributed by atoms with van der Waals surface area (Å²) in [4.78, 5) is 10.8. The molecule has 0 saturated heterocycles. The maximum Gasteiger partial charge on any atom is 0.220 e. The Labute approximate surface area is 67.0 Å². The number of rotatable bonds is 5. The number of carbonyl (C=O) groups is 1. The summed E-state index contributed by atoms with van der Waals surface area (Å²) < 4.78 is 0. The Kier molecular flexibility index (Phi) is 6.39. The minimum atomic E-state index is 0.0296. The van der Waals surface area contributed by atoms with Crippen LogP contribution in [-0.2, 0) is 4.79 Å².